The Morgan fingerprint density at radius 2 is 1.76 bits per heavy atom. The van der Waals surface area contributed by atoms with Crippen molar-refractivity contribution in [1.82, 2.24) is 19.3 Å². The minimum absolute atomic E-state index is 0.0166. The van der Waals surface area contributed by atoms with Gasteiger partial charge in [-0.05, 0) is 38.0 Å². The van der Waals surface area contributed by atoms with Crippen molar-refractivity contribution in [1.29, 1.82) is 5.26 Å². The molecular formula is C23H21F6N5O2S. The van der Waals surface area contributed by atoms with Crippen LogP contribution in [0.3, 0.4) is 0 Å². The second kappa shape index (κ2) is 9.60. The molecule has 0 aliphatic heterocycles. The molecule has 14 heteroatoms. The summed E-state index contributed by atoms with van der Waals surface area (Å²) in [5.41, 5.74) is -0.701. The molecule has 0 unspecified atom stereocenters. The quantitative estimate of drug-likeness (QED) is 0.413. The van der Waals surface area contributed by atoms with E-state index in [2.05, 4.69) is 9.97 Å². The van der Waals surface area contributed by atoms with Crippen LogP contribution < -0.4 is 4.72 Å². The van der Waals surface area contributed by atoms with E-state index in [-0.39, 0.29) is 34.0 Å². The number of rotatable bonds is 5. The number of alkyl halides is 6. The van der Waals surface area contributed by atoms with E-state index in [4.69, 9.17) is 0 Å². The molecule has 1 saturated carbocycles. The number of hydrogen-bond acceptors (Lipinski definition) is 5. The molecular weight excluding hydrogens is 524 g/mol. The van der Waals surface area contributed by atoms with Crippen LogP contribution in [-0.2, 0) is 16.2 Å². The summed E-state index contributed by atoms with van der Waals surface area (Å²) >= 11 is 0. The van der Waals surface area contributed by atoms with Crippen molar-refractivity contribution < 1.29 is 34.8 Å². The molecule has 1 aliphatic rings. The highest BCUT2D eigenvalue weighted by Gasteiger charge is 2.39. The van der Waals surface area contributed by atoms with E-state index in [0.29, 0.717) is 26.0 Å². The summed E-state index contributed by atoms with van der Waals surface area (Å²) in [4.78, 5) is 7.60. The van der Waals surface area contributed by atoms with Crippen LogP contribution >= 0.6 is 0 Å². The average Bonchev–Trinajstić information content (AvgIpc) is 3.17. The van der Waals surface area contributed by atoms with Gasteiger partial charge >= 0.3 is 12.4 Å². The van der Waals surface area contributed by atoms with Gasteiger partial charge in [0.2, 0.25) is 10.0 Å². The van der Waals surface area contributed by atoms with Gasteiger partial charge in [-0.25, -0.2) is 13.4 Å². The van der Waals surface area contributed by atoms with Crippen LogP contribution in [0.1, 0.15) is 56.2 Å². The summed E-state index contributed by atoms with van der Waals surface area (Å²) in [6.07, 6.45) is -3.86. The van der Waals surface area contributed by atoms with E-state index in [9.17, 15) is 40.0 Å². The first kappa shape index (κ1) is 26.9. The van der Waals surface area contributed by atoms with E-state index < -0.39 is 38.9 Å². The third-order valence-corrected chi connectivity index (χ3v) is 7.86. The van der Waals surface area contributed by atoms with Crippen molar-refractivity contribution >= 4 is 21.1 Å². The van der Waals surface area contributed by atoms with Crippen molar-refractivity contribution in [3.05, 3.63) is 41.7 Å². The number of sulfonamides is 1. The molecule has 1 atom stereocenters. The van der Waals surface area contributed by atoms with Gasteiger partial charge in [-0.2, -0.15) is 36.3 Å². The number of halogens is 6. The Morgan fingerprint density at radius 1 is 1.08 bits per heavy atom. The molecule has 0 bridgehead atoms. The minimum atomic E-state index is -4.80. The zero-order valence-corrected chi connectivity index (χ0v) is 20.2. The fourth-order valence-electron chi connectivity index (χ4n) is 4.45. The second-order valence-corrected chi connectivity index (χ2v) is 10.6. The summed E-state index contributed by atoms with van der Waals surface area (Å²) in [7, 11) is -4.58. The molecule has 4 rings (SSSR count). The molecule has 3 aromatic heterocycles. The van der Waals surface area contributed by atoms with Crippen molar-refractivity contribution in [3.8, 4) is 17.5 Å². The molecule has 1 N–H and O–H groups in total. The summed E-state index contributed by atoms with van der Waals surface area (Å²) in [5.74, 6) is 0. The Morgan fingerprint density at radius 3 is 2.30 bits per heavy atom. The third kappa shape index (κ3) is 5.28. The third-order valence-electron chi connectivity index (χ3n) is 6.33. The Bertz CT molecular complexity index is 1450. The Kier molecular flexibility index (Phi) is 6.98. The van der Waals surface area contributed by atoms with E-state index in [1.807, 2.05) is 6.07 Å². The minimum Gasteiger partial charge on any atom is -0.320 e. The van der Waals surface area contributed by atoms with Gasteiger partial charge in [-0.3, -0.25) is 4.98 Å². The lowest BCUT2D eigenvalue weighted by Crippen LogP contribution is -2.42. The van der Waals surface area contributed by atoms with Gasteiger partial charge in [0.05, 0.1) is 22.5 Å². The monoisotopic (exact) mass is 545 g/mol. The van der Waals surface area contributed by atoms with Crippen molar-refractivity contribution in [3.63, 3.8) is 0 Å². The van der Waals surface area contributed by atoms with Gasteiger partial charge in [-0.1, -0.05) is 19.3 Å². The molecule has 3 aromatic rings. The Hall–Kier alpha value is -3.18. The first-order chi connectivity index (χ1) is 17.2. The predicted molar refractivity (Wildman–Crippen MR) is 121 cm³/mol. The number of pyridine rings is 2. The molecule has 0 radical (unpaired) electrons. The Labute approximate surface area is 208 Å². The number of nitrogens with one attached hydrogen (secondary N) is 1. The van der Waals surface area contributed by atoms with Gasteiger partial charge in [0, 0.05) is 23.8 Å². The lowest BCUT2D eigenvalue weighted by Gasteiger charge is -2.26. The topological polar surface area (TPSA) is 101 Å². The van der Waals surface area contributed by atoms with E-state index in [0.717, 1.165) is 37.6 Å². The summed E-state index contributed by atoms with van der Waals surface area (Å²) in [5, 5.41) is 9.91. The molecule has 0 aromatic carbocycles. The van der Waals surface area contributed by atoms with Crippen LogP contribution in [0.4, 0.5) is 26.3 Å². The fraction of sp³-hybridized carbons (Fsp3) is 0.435. The van der Waals surface area contributed by atoms with E-state index >= 15 is 0 Å². The van der Waals surface area contributed by atoms with Gasteiger partial charge in [-0.15, -0.1) is 0 Å². The first-order valence-electron chi connectivity index (χ1n) is 11.3. The zero-order valence-electron chi connectivity index (χ0n) is 19.4. The molecule has 7 nitrogen and oxygen atoms in total. The molecule has 1 aliphatic carbocycles. The highest BCUT2D eigenvalue weighted by atomic mass is 32.2. The lowest BCUT2D eigenvalue weighted by atomic mass is 9.95. The van der Waals surface area contributed by atoms with E-state index in [1.54, 1.807) is 4.57 Å². The number of nitriles is 1. The second-order valence-electron chi connectivity index (χ2n) is 8.85. The van der Waals surface area contributed by atoms with Gasteiger partial charge in [0.1, 0.15) is 22.7 Å². The molecule has 1 fully saturated rings. The molecule has 3 heterocycles. The molecule has 37 heavy (non-hydrogen) atoms. The van der Waals surface area contributed by atoms with Crippen LogP contribution in [-0.4, -0.2) is 35.2 Å². The Balaban J connectivity index is 1.86. The molecule has 198 valence electrons. The maximum atomic E-state index is 13.4. The van der Waals surface area contributed by atoms with Crippen molar-refractivity contribution in [2.75, 3.05) is 0 Å². The molecule has 0 amide bonds. The first-order valence-corrected chi connectivity index (χ1v) is 12.8. The molecule has 0 spiro atoms. The SMILES string of the molecule is C[C@H](NS(=O)(=O)c1ccc(-c2c(C#N)c3cc(C(F)(F)F)cnc3n2C2CCCCC2)nc1)C(F)(F)F. The van der Waals surface area contributed by atoms with Gasteiger partial charge in [0.25, 0.3) is 0 Å². The fourth-order valence-corrected chi connectivity index (χ4v) is 5.62. The molecule has 0 saturated heterocycles. The number of nitrogens with zero attached hydrogens (tertiary/aromatic N) is 4. The van der Waals surface area contributed by atoms with Crippen LogP contribution in [0, 0.1) is 11.3 Å². The number of aromatic nitrogens is 3. The maximum absolute atomic E-state index is 13.4. The average molecular weight is 546 g/mol. The normalized spacial score (nSPS) is 16.6. The maximum Gasteiger partial charge on any atom is 0.417 e. The van der Waals surface area contributed by atoms with Crippen molar-refractivity contribution in [2.24, 2.45) is 0 Å². The summed E-state index contributed by atoms with van der Waals surface area (Å²) in [6.45, 7) is 0.656. The largest absolute Gasteiger partial charge is 0.417 e. The highest BCUT2D eigenvalue weighted by molar-refractivity contribution is 7.89. The summed E-state index contributed by atoms with van der Waals surface area (Å²) < 4.78 is 107. The predicted octanol–water partition coefficient (Wildman–Crippen LogP) is 5.72. The van der Waals surface area contributed by atoms with E-state index in [1.165, 1.54) is 10.8 Å². The standard InChI is InChI=1S/C23H21F6N5O2S/c1-13(22(24,25)26)33-37(35,36)16-7-8-19(31-12-16)20-18(10-30)17-9-14(23(27,28)29)11-32-21(17)34(20)15-5-3-2-4-6-15/h7-9,11-13,15,33H,2-6H2,1H3/t13-/m0/s1. The zero-order chi connectivity index (χ0) is 27.2. The summed E-state index contributed by atoms with van der Waals surface area (Å²) in [6, 6.07) is 2.51. The van der Waals surface area contributed by atoms with Gasteiger partial charge < -0.3 is 4.57 Å². The number of fused-ring (bicyclic) bond motifs is 1. The highest BCUT2D eigenvalue weighted by Crippen LogP contribution is 2.41. The van der Waals surface area contributed by atoms with Crippen molar-refractivity contribution in [2.45, 2.75) is 68.4 Å². The van der Waals surface area contributed by atoms with Gasteiger partial charge in [0.15, 0.2) is 0 Å². The smallest absolute Gasteiger partial charge is 0.320 e. The van der Waals surface area contributed by atoms with Crippen LogP contribution in [0.2, 0.25) is 0 Å². The van der Waals surface area contributed by atoms with Crippen LogP contribution in [0.15, 0.2) is 35.5 Å². The number of hydrogen-bond donors (Lipinski definition) is 1. The lowest BCUT2D eigenvalue weighted by molar-refractivity contribution is -0.147. The van der Waals surface area contributed by atoms with Crippen LogP contribution in [0.5, 0.6) is 0 Å². The van der Waals surface area contributed by atoms with Crippen LogP contribution in [0.25, 0.3) is 22.4 Å².